The fraction of sp³-hybridized carbons (Fsp3) is 0.471. The van der Waals surface area contributed by atoms with Gasteiger partial charge in [0.15, 0.2) is 5.78 Å². The number of hydrogen-bond donors (Lipinski definition) is 0. The average Bonchev–Trinajstić information content (AvgIpc) is 2.40. The van der Waals surface area contributed by atoms with Crippen molar-refractivity contribution in [1.29, 1.82) is 0 Å². The van der Waals surface area contributed by atoms with Crippen molar-refractivity contribution < 1.29 is 4.79 Å². The van der Waals surface area contributed by atoms with Crippen molar-refractivity contribution in [2.75, 3.05) is 0 Å². The predicted octanol–water partition coefficient (Wildman–Crippen LogP) is 4.25. The summed E-state index contributed by atoms with van der Waals surface area (Å²) in [6, 6.07) is 8.40. The molecule has 0 saturated heterocycles. The molecular weight excluding hydrogens is 220 g/mol. The Bertz CT molecular complexity index is 417. The second kappa shape index (κ2) is 6.53. The minimum atomic E-state index is 0.260. The third-order valence-corrected chi connectivity index (χ3v) is 3.67. The normalized spacial score (nSPS) is 15.5. The molecule has 1 nitrogen and oxygen atoms in total. The summed E-state index contributed by atoms with van der Waals surface area (Å²) in [6.45, 7) is 2.15. The summed E-state index contributed by atoms with van der Waals surface area (Å²) in [7, 11) is 0. The molecule has 1 heteroatoms. The Labute approximate surface area is 110 Å². The molecule has 0 heterocycles. The number of hydrogen-bond acceptors (Lipinski definition) is 1. The van der Waals surface area contributed by atoms with Crippen molar-refractivity contribution in [1.82, 2.24) is 0 Å². The Morgan fingerprint density at radius 2 is 1.67 bits per heavy atom. The van der Waals surface area contributed by atoms with E-state index in [0.29, 0.717) is 6.42 Å². The molecular formula is C17H22O. The first-order valence-electron chi connectivity index (χ1n) is 7.08. The van der Waals surface area contributed by atoms with Crippen LogP contribution < -0.4 is 0 Å². The molecule has 0 atom stereocenters. The predicted molar refractivity (Wildman–Crippen MR) is 75.7 cm³/mol. The van der Waals surface area contributed by atoms with Crippen LogP contribution in [0.15, 0.2) is 35.9 Å². The summed E-state index contributed by atoms with van der Waals surface area (Å²) >= 11 is 0. The molecule has 0 N–H and O–H groups in total. The zero-order chi connectivity index (χ0) is 12.8. The van der Waals surface area contributed by atoms with Gasteiger partial charge in [-0.1, -0.05) is 43.2 Å². The maximum atomic E-state index is 12.0. The second-order valence-electron chi connectivity index (χ2n) is 5.18. The number of benzene rings is 1. The highest BCUT2D eigenvalue weighted by Crippen LogP contribution is 2.22. The third-order valence-electron chi connectivity index (χ3n) is 3.67. The number of rotatable bonds is 4. The lowest BCUT2D eigenvalue weighted by Crippen LogP contribution is -2.02. The Morgan fingerprint density at radius 3 is 2.28 bits per heavy atom. The van der Waals surface area contributed by atoms with Crippen molar-refractivity contribution in [2.45, 2.75) is 51.9 Å². The lowest BCUT2D eigenvalue weighted by Gasteiger charge is -2.12. The summed E-state index contributed by atoms with van der Waals surface area (Å²) in [4.78, 5) is 12.0. The molecule has 18 heavy (non-hydrogen) atoms. The number of carbonyl (C=O) groups excluding carboxylic acids is 1. The monoisotopic (exact) mass is 242 g/mol. The van der Waals surface area contributed by atoms with E-state index in [1.54, 1.807) is 0 Å². The molecule has 0 aliphatic heterocycles. The molecule has 96 valence electrons. The summed E-state index contributed by atoms with van der Waals surface area (Å²) in [6.07, 6.45) is 9.58. The van der Waals surface area contributed by atoms with E-state index in [-0.39, 0.29) is 5.78 Å². The first-order valence-corrected chi connectivity index (χ1v) is 7.08. The van der Waals surface area contributed by atoms with Gasteiger partial charge in [-0.2, -0.15) is 0 Å². The van der Waals surface area contributed by atoms with Crippen molar-refractivity contribution in [3.63, 3.8) is 0 Å². The first-order chi connectivity index (χ1) is 8.78. The van der Waals surface area contributed by atoms with Crippen LogP contribution in [-0.2, 0) is 17.6 Å². The molecule has 1 aliphatic rings. The Balaban J connectivity index is 1.93. The van der Waals surface area contributed by atoms with Gasteiger partial charge in [0, 0.05) is 6.42 Å². The summed E-state index contributed by atoms with van der Waals surface area (Å²) in [5.41, 5.74) is 3.82. The van der Waals surface area contributed by atoms with E-state index >= 15 is 0 Å². The standard InChI is InChI=1S/C17H22O/c1-2-14-8-10-16(11-9-14)13-17(18)12-15-6-4-3-5-7-15/h8-12H,2-7,13H2,1H3. The maximum Gasteiger partial charge on any atom is 0.160 e. The van der Waals surface area contributed by atoms with Crippen LogP contribution in [0.2, 0.25) is 0 Å². The van der Waals surface area contributed by atoms with Crippen LogP contribution in [0.1, 0.15) is 50.2 Å². The van der Waals surface area contributed by atoms with Crippen LogP contribution in [0.3, 0.4) is 0 Å². The zero-order valence-corrected chi connectivity index (χ0v) is 11.2. The number of ketones is 1. The van der Waals surface area contributed by atoms with Gasteiger partial charge in [-0.05, 0) is 49.3 Å². The Hall–Kier alpha value is -1.37. The van der Waals surface area contributed by atoms with Crippen LogP contribution in [0.25, 0.3) is 0 Å². The number of aryl methyl sites for hydroxylation is 1. The Kier molecular flexibility index (Phi) is 4.74. The zero-order valence-electron chi connectivity index (χ0n) is 11.2. The SMILES string of the molecule is CCc1ccc(CC(=O)C=C2CCCCC2)cc1. The summed E-state index contributed by atoms with van der Waals surface area (Å²) in [5, 5.41) is 0. The highest BCUT2D eigenvalue weighted by Gasteiger charge is 2.08. The molecule has 0 bridgehead atoms. The van der Waals surface area contributed by atoms with E-state index in [2.05, 4.69) is 31.2 Å². The topological polar surface area (TPSA) is 17.1 Å². The fourth-order valence-electron chi connectivity index (χ4n) is 2.52. The van der Waals surface area contributed by atoms with Crippen molar-refractivity contribution in [3.8, 4) is 0 Å². The third kappa shape index (κ3) is 3.83. The van der Waals surface area contributed by atoms with Crippen molar-refractivity contribution in [2.24, 2.45) is 0 Å². The van der Waals surface area contributed by atoms with E-state index in [9.17, 15) is 4.79 Å². The van der Waals surface area contributed by atoms with E-state index in [0.717, 1.165) is 24.8 Å². The second-order valence-corrected chi connectivity index (χ2v) is 5.18. The summed E-state index contributed by atoms with van der Waals surface area (Å²) in [5.74, 6) is 0.260. The molecule has 1 saturated carbocycles. The largest absolute Gasteiger partial charge is 0.294 e. The van der Waals surface area contributed by atoms with E-state index < -0.39 is 0 Å². The smallest absolute Gasteiger partial charge is 0.160 e. The maximum absolute atomic E-state index is 12.0. The van der Waals surface area contributed by atoms with Crippen LogP contribution >= 0.6 is 0 Å². The lowest BCUT2D eigenvalue weighted by molar-refractivity contribution is -0.114. The van der Waals surface area contributed by atoms with Gasteiger partial charge in [-0.25, -0.2) is 0 Å². The minimum absolute atomic E-state index is 0.260. The molecule has 0 radical (unpaired) electrons. The highest BCUT2D eigenvalue weighted by molar-refractivity contribution is 5.92. The average molecular weight is 242 g/mol. The van der Waals surface area contributed by atoms with Gasteiger partial charge in [0.1, 0.15) is 0 Å². The molecule has 0 amide bonds. The van der Waals surface area contributed by atoms with Gasteiger partial charge in [0.2, 0.25) is 0 Å². The van der Waals surface area contributed by atoms with Crippen molar-refractivity contribution >= 4 is 5.78 Å². The van der Waals surface area contributed by atoms with E-state index in [1.807, 2.05) is 6.08 Å². The quantitative estimate of drug-likeness (QED) is 0.721. The number of carbonyl (C=O) groups is 1. The summed E-state index contributed by atoms with van der Waals surface area (Å²) < 4.78 is 0. The molecule has 1 aliphatic carbocycles. The van der Waals surface area contributed by atoms with E-state index in [4.69, 9.17) is 0 Å². The van der Waals surface area contributed by atoms with Gasteiger partial charge in [0.25, 0.3) is 0 Å². The Morgan fingerprint density at radius 1 is 1.06 bits per heavy atom. The van der Waals surface area contributed by atoms with E-state index in [1.165, 1.54) is 30.4 Å². The first kappa shape index (κ1) is 13.1. The van der Waals surface area contributed by atoms with Gasteiger partial charge in [0.05, 0.1) is 0 Å². The van der Waals surface area contributed by atoms with Crippen LogP contribution in [0, 0.1) is 0 Å². The molecule has 2 rings (SSSR count). The molecule has 1 fully saturated rings. The van der Waals surface area contributed by atoms with Gasteiger partial charge in [-0.15, -0.1) is 0 Å². The van der Waals surface area contributed by atoms with Gasteiger partial charge < -0.3 is 0 Å². The molecule has 0 aromatic heterocycles. The molecule has 1 aromatic carbocycles. The van der Waals surface area contributed by atoms with Crippen LogP contribution in [0.4, 0.5) is 0 Å². The van der Waals surface area contributed by atoms with Gasteiger partial charge in [-0.3, -0.25) is 4.79 Å². The number of allylic oxidation sites excluding steroid dienone is 2. The van der Waals surface area contributed by atoms with Crippen LogP contribution in [-0.4, -0.2) is 5.78 Å². The highest BCUT2D eigenvalue weighted by atomic mass is 16.1. The fourth-order valence-corrected chi connectivity index (χ4v) is 2.52. The van der Waals surface area contributed by atoms with Gasteiger partial charge >= 0.3 is 0 Å². The minimum Gasteiger partial charge on any atom is -0.294 e. The molecule has 0 unspecified atom stereocenters. The van der Waals surface area contributed by atoms with Crippen LogP contribution in [0.5, 0.6) is 0 Å². The lowest BCUT2D eigenvalue weighted by atomic mass is 9.93. The molecule has 1 aromatic rings. The van der Waals surface area contributed by atoms with Crippen molar-refractivity contribution in [3.05, 3.63) is 47.0 Å². The molecule has 0 spiro atoms.